The first-order valence-electron chi connectivity index (χ1n) is 4.15. The quantitative estimate of drug-likeness (QED) is 0.791. The molecule has 0 atom stereocenters. The number of aromatic amines is 1. The number of halogens is 2. The second-order valence-electron chi connectivity index (χ2n) is 3.12. The molecule has 0 aliphatic heterocycles. The summed E-state index contributed by atoms with van der Waals surface area (Å²) in [6.45, 7) is 1.96. The van der Waals surface area contributed by atoms with Crippen LogP contribution in [-0.4, -0.2) is 12.1 Å². The predicted octanol–water partition coefficient (Wildman–Crippen LogP) is 3.79. The summed E-state index contributed by atoms with van der Waals surface area (Å²) in [4.78, 5) is 3.15. The minimum absolute atomic E-state index is 0.594. The molecular formula is C10H9Cl2NO. The summed E-state index contributed by atoms with van der Waals surface area (Å²) in [5.74, 6) is 0.600. The molecule has 1 heterocycles. The summed E-state index contributed by atoms with van der Waals surface area (Å²) in [5, 5.41) is 2.11. The van der Waals surface area contributed by atoms with Crippen LogP contribution in [0, 0.1) is 6.92 Å². The Morgan fingerprint density at radius 1 is 1.29 bits per heavy atom. The van der Waals surface area contributed by atoms with E-state index in [1.807, 2.05) is 13.0 Å². The number of fused-ring (bicyclic) bond motifs is 1. The zero-order valence-electron chi connectivity index (χ0n) is 7.82. The van der Waals surface area contributed by atoms with E-state index in [4.69, 9.17) is 27.9 Å². The average Bonchev–Trinajstić information content (AvgIpc) is 2.54. The Hall–Kier alpha value is -0.860. The molecule has 0 saturated heterocycles. The number of ether oxygens (including phenoxy) is 1. The van der Waals surface area contributed by atoms with Crippen molar-refractivity contribution < 1.29 is 4.74 Å². The Morgan fingerprint density at radius 2 is 2.00 bits per heavy atom. The highest BCUT2D eigenvalue weighted by Gasteiger charge is 2.11. The van der Waals surface area contributed by atoms with Crippen molar-refractivity contribution in [2.75, 3.05) is 7.11 Å². The highest BCUT2D eigenvalue weighted by molar-refractivity contribution is 6.41. The van der Waals surface area contributed by atoms with Crippen LogP contribution in [0.5, 0.6) is 5.75 Å². The molecule has 1 N–H and O–H groups in total. The Balaban J connectivity index is 2.86. The highest BCUT2D eigenvalue weighted by atomic mass is 35.5. The zero-order chi connectivity index (χ0) is 10.3. The monoisotopic (exact) mass is 229 g/mol. The van der Waals surface area contributed by atoms with Crippen molar-refractivity contribution in [1.29, 1.82) is 0 Å². The van der Waals surface area contributed by atoms with Crippen LogP contribution in [-0.2, 0) is 0 Å². The molecule has 2 aromatic rings. The molecule has 2 nitrogen and oxygen atoms in total. The first kappa shape index (κ1) is 9.69. The van der Waals surface area contributed by atoms with E-state index in [1.54, 1.807) is 13.2 Å². The molecule has 74 valence electrons. The van der Waals surface area contributed by atoms with Gasteiger partial charge in [-0.3, -0.25) is 0 Å². The van der Waals surface area contributed by atoms with Crippen molar-refractivity contribution in [2.45, 2.75) is 6.92 Å². The third-order valence-corrected chi connectivity index (χ3v) is 2.81. The molecule has 0 saturated carbocycles. The molecule has 0 aliphatic carbocycles. The molecule has 0 fully saturated rings. The SMILES string of the molecule is COc1cc(Cl)c2[nH]c(C)cc2c1Cl. The van der Waals surface area contributed by atoms with Crippen LogP contribution in [0.1, 0.15) is 5.69 Å². The molecule has 0 radical (unpaired) electrons. The van der Waals surface area contributed by atoms with Gasteiger partial charge in [-0.2, -0.15) is 0 Å². The Bertz CT molecular complexity index is 490. The molecule has 14 heavy (non-hydrogen) atoms. The van der Waals surface area contributed by atoms with E-state index in [0.29, 0.717) is 15.8 Å². The molecule has 0 spiro atoms. The number of rotatable bonds is 1. The van der Waals surface area contributed by atoms with Crippen molar-refractivity contribution in [3.63, 3.8) is 0 Å². The fourth-order valence-electron chi connectivity index (χ4n) is 1.48. The van der Waals surface area contributed by atoms with Gasteiger partial charge in [0.2, 0.25) is 0 Å². The molecule has 4 heteroatoms. The number of hydrogen-bond acceptors (Lipinski definition) is 1. The Labute approximate surface area is 91.8 Å². The fraction of sp³-hybridized carbons (Fsp3) is 0.200. The van der Waals surface area contributed by atoms with E-state index < -0.39 is 0 Å². The molecule has 0 unspecified atom stereocenters. The van der Waals surface area contributed by atoms with Gasteiger partial charge in [-0.15, -0.1) is 0 Å². The average molecular weight is 230 g/mol. The maximum Gasteiger partial charge on any atom is 0.139 e. The first-order chi connectivity index (χ1) is 6.63. The Kier molecular flexibility index (Phi) is 2.33. The zero-order valence-corrected chi connectivity index (χ0v) is 9.33. The van der Waals surface area contributed by atoms with Crippen molar-refractivity contribution in [3.8, 4) is 5.75 Å². The maximum atomic E-state index is 6.12. The lowest BCUT2D eigenvalue weighted by Crippen LogP contribution is -1.84. The van der Waals surface area contributed by atoms with E-state index in [1.165, 1.54) is 0 Å². The van der Waals surface area contributed by atoms with Crippen LogP contribution in [0.4, 0.5) is 0 Å². The number of nitrogens with one attached hydrogen (secondary N) is 1. The summed E-state index contributed by atoms with van der Waals surface area (Å²) in [5.41, 5.74) is 1.88. The number of benzene rings is 1. The normalized spacial score (nSPS) is 10.9. The van der Waals surface area contributed by atoms with E-state index in [0.717, 1.165) is 16.6 Å². The number of aryl methyl sites for hydroxylation is 1. The van der Waals surface area contributed by atoms with Gasteiger partial charge >= 0.3 is 0 Å². The van der Waals surface area contributed by atoms with Gasteiger partial charge in [-0.25, -0.2) is 0 Å². The number of hydrogen-bond donors (Lipinski definition) is 1. The minimum atomic E-state index is 0.594. The van der Waals surface area contributed by atoms with Crippen molar-refractivity contribution in [3.05, 3.63) is 27.9 Å². The molecule has 0 amide bonds. The van der Waals surface area contributed by atoms with Gasteiger partial charge in [0, 0.05) is 17.1 Å². The molecule has 1 aromatic carbocycles. The van der Waals surface area contributed by atoms with Crippen molar-refractivity contribution in [1.82, 2.24) is 4.98 Å². The van der Waals surface area contributed by atoms with Gasteiger partial charge in [0.15, 0.2) is 0 Å². The largest absolute Gasteiger partial charge is 0.495 e. The van der Waals surface area contributed by atoms with Crippen LogP contribution in [0.2, 0.25) is 10.0 Å². The van der Waals surface area contributed by atoms with Gasteiger partial charge in [0.05, 0.1) is 22.7 Å². The van der Waals surface area contributed by atoms with Crippen LogP contribution < -0.4 is 4.74 Å². The topological polar surface area (TPSA) is 25.0 Å². The van der Waals surface area contributed by atoms with E-state index in [9.17, 15) is 0 Å². The van der Waals surface area contributed by atoms with Gasteiger partial charge in [-0.1, -0.05) is 23.2 Å². The van der Waals surface area contributed by atoms with Gasteiger partial charge in [0.25, 0.3) is 0 Å². The second kappa shape index (κ2) is 3.37. The number of methoxy groups -OCH3 is 1. The lowest BCUT2D eigenvalue weighted by Gasteiger charge is -2.04. The third-order valence-electron chi connectivity index (χ3n) is 2.12. The number of H-pyrrole nitrogens is 1. The van der Waals surface area contributed by atoms with E-state index in [2.05, 4.69) is 4.98 Å². The van der Waals surface area contributed by atoms with Crippen LogP contribution in [0.25, 0.3) is 10.9 Å². The molecule has 0 aliphatic rings. The van der Waals surface area contributed by atoms with E-state index in [-0.39, 0.29) is 0 Å². The second-order valence-corrected chi connectivity index (χ2v) is 3.90. The van der Waals surface area contributed by atoms with Crippen LogP contribution in [0.15, 0.2) is 12.1 Å². The summed E-state index contributed by atoms with van der Waals surface area (Å²) in [7, 11) is 1.57. The molecule has 0 bridgehead atoms. The first-order valence-corrected chi connectivity index (χ1v) is 4.90. The molecule has 2 rings (SSSR count). The molecular weight excluding hydrogens is 221 g/mol. The summed E-state index contributed by atoms with van der Waals surface area (Å²) >= 11 is 12.2. The predicted molar refractivity (Wildman–Crippen MR) is 59.6 cm³/mol. The minimum Gasteiger partial charge on any atom is -0.495 e. The van der Waals surface area contributed by atoms with Gasteiger partial charge in [0.1, 0.15) is 5.75 Å². The Morgan fingerprint density at radius 3 is 2.64 bits per heavy atom. The lowest BCUT2D eigenvalue weighted by atomic mass is 10.2. The van der Waals surface area contributed by atoms with Gasteiger partial charge < -0.3 is 9.72 Å². The van der Waals surface area contributed by atoms with Crippen LogP contribution >= 0.6 is 23.2 Å². The van der Waals surface area contributed by atoms with E-state index >= 15 is 0 Å². The summed E-state index contributed by atoms with van der Waals surface area (Å²) < 4.78 is 5.11. The highest BCUT2D eigenvalue weighted by Crippen LogP contribution is 2.37. The smallest absolute Gasteiger partial charge is 0.139 e. The maximum absolute atomic E-state index is 6.12. The summed E-state index contributed by atoms with van der Waals surface area (Å²) in [6.07, 6.45) is 0. The van der Waals surface area contributed by atoms with Crippen molar-refractivity contribution in [2.24, 2.45) is 0 Å². The third kappa shape index (κ3) is 1.35. The number of aromatic nitrogens is 1. The lowest BCUT2D eigenvalue weighted by molar-refractivity contribution is 0.415. The van der Waals surface area contributed by atoms with Crippen LogP contribution in [0.3, 0.4) is 0 Å². The van der Waals surface area contributed by atoms with Crippen molar-refractivity contribution >= 4 is 34.1 Å². The fourth-order valence-corrected chi connectivity index (χ4v) is 2.01. The van der Waals surface area contributed by atoms with Gasteiger partial charge in [-0.05, 0) is 13.0 Å². The summed E-state index contributed by atoms with van der Waals surface area (Å²) in [6, 6.07) is 3.66. The molecule has 1 aromatic heterocycles. The standard InChI is InChI=1S/C10H9Cl2NO/c1-5-3-6-9(12)8(14-2)4-7(11)10(6)13-5/h3-4,13H,1-2H3.